The minimum atomic E-state index is -0.649. The van der Waals surface area contributed by atoms with E-state index in [1.165, 1.54) is 11.3 Å². The van der Waals surface area contributed by atoms with Crippen LogP contribution in [0.25, 0.3) is 0 Å². The minimum Gasteiger partial charge on any atom is -0.323 e. The summed E-state index contributed by atoms with van der Waals surface area (Å²) in [4.78, 5) is 54.1. The molecular formula is C26H21N5O3S. The molecule has 0 spiro atoms. The topological polar surface area (TPSA) is 105 Å². The number of nitrogens with zero attached hydrogens (tertiary/aromatic N) is 4. The average Bonchev–Trinajstić information content (AvgIpc) is 3.32. The highest BCUT2D eigenvalue weighted by atomic mass is 32.1. The molecule has 1 aliphatic heterocycles. The molecule has 1 aliphatic rings. The molecule has 35 heavy (non-hydrogen) atoms. The molecule has 4 aromatic heterocycles. The number of aromatic nitrogens is 3. The summed E-state index contributed by atoms with van der Waals surface area (Å²) in [5.74, 6) is -0.159. The van der Waals surface area contributed by atoms with Crippen molar-refractivity contribution in [1.29, 1.82) is 0 Å². The van der Waals surface area contributed by atoms with Gasteiger partial charge in [-0.2, -0.15) is 0 Å². The first-order valence-corrected chi connectivity index (χ1v) is 11.9. The molecule has 9 heteroatoms. The number of carbonyl (C=O) groups is 3. The van der Waals surface area contributed by atoms with Crippen molar-refractivity contribution in [3.8, 4) is 0 Å². The number of amides is 2. The van der Waals surface area contributed by atoms with Crippen LogP contribution >= 0.6 is 11.3 Å². The summed E-state index contributed by atoms with van der Waals surface area (Å²) in [6, 6.07) is 15.3. The highest BCUT2D eigenvalue weighted by Crippen LogP contribution is 2.28. The maximum atomic E-state index is 13.5. The van der Waals surface area contributed by atoms with Crippen molar-refractivity contribution in [2.45, 2.75) is 25.4 Å². The van der Waals surface area contributed by atoms with Crippen LogP contribution in [0.4, 0.5) is 5.82 Å². The molecule has 0 saturated carbocycles. The van der Waals surface area contributed by atoms with Crippen molar-refractivity contribution in [2.75, 3.05) is 5.32 Å². The Morgan fingerprint density at radius 1 is 1.00 bits per heavy atom. The quantitative estimate of drug-likeness (QED) is 0.450. The van der Waals surface area contributed by atoms with Crippen molar-refractivity contribution >= 4 is 34.8 Å². The average molecular weight is 484 g/mol. The largest absolute Gasteiger partial charge is 0.323 e. The predicted molar refractivity (Wildman–Crippen MR) is 131 cm³/mol. The van der Waals surface area contributed by atoms with E-state index in [-0.39, 0.29) is 36.3 Å². The Bertz CT molecular complexity index is 1360. The first-order valence-electron chi connectivity index (χ1n) is 11.1. The number of ketones is 1. The zero-order valence-electron chi connectivity index (χ0n) is 18.6. The third kappa shape index (κ3) is 4.99. The van der Waals surface area contributed by atoms with E-state index >= 15 is 0 Å². The smallest absolute Gasteiger partial charge is 0.275 e. The standard InChI is InChI=1S/C26H21N5O3S/c32-22-13-18-9-12-35-24(18)26(34)31(21(22)14-19-5-1-3-10-27-19)16-17-7-8-20(29-15-17)25(33)30-23-6-2-4-11-28-23/h1-12,15,21H,13-14,16H2,(H,28,30,33). The highest BCUT2D eigenvalue weighted by Gasteiger charge is 2.36. The predicted octanol–water partition coefficient (Wildman–Crippen LogP) is 3.56. The van der Waals surface area contributed by atoms with Gasteiger partial charge in [0, 0.05) is 43.7 Å². The zero-order valence-corrected chi connectivity index (χ0v) is 19.4. The second-order valence-corrected chi connectivity index (χ2v) is 9.03. The maximum absolute atomic E-state index is 13.5. The van der Waals surface area contributed by atoms with Crippen molar-refractivity contribution in [3.05, 3.63) is 106 Å². The monoisotopic (exact) mass is 483 g/mol. The van der Waals surface area contributed by atoms with Gasteiger partial charge in [-0.3, -0.25) is 24.4 Å². The van der Waals surface area contributed by atoms with E-state index in [9.17, 15) is 14.4 Å². The van der Waals surface area contributed by atoms with Crippen LogP contribution in [0, 0.1) is 0 Å². The number of hydrogen-bond donors (Lipinski definition) is 1. The Morgan fingerprint density at radius 2 is 1.83 bits per heavy atom. The Morgan fingerprint density at radius 3 is 2.54 bits per heavy atom. The molecule has 174 valence electrons. The molecule has 2 amide bonds. The number of rotatable bonds is 6. The molecule has 0 radical (unpaired) electrons. The van der Waals surface area contributed by atoms with Crippen molar-refractivity contribution < 1.29 is 14.4 Å². The maximum Gasteiger partial charge on any atom is 0.275 e. The van der Waals surface area contributed by atoms with Gasteiger partial charge in [0.25, 0.3) is 11.8 Å². The summed E-state index contributed by atoms with van der Waals surface area (Å²) in [5.41, 5.74) is 2.45. The van der Waals surface area contributed by atoms with E-state index in [1.807, 2.05) is 29.6 Å². The molecule has 1 N–H and O–H groups in total. The molecule has 0 fully saturated rings. The summed E-state index contributed by atoms with van der Waals surface area (Å²) >= 11 is 1.35. The van der Waals surface area contributed by atoms with E-state index in [0.29, 0.717) is 22.7 Å². The van der Waals surface area contributed by atoms with Gasteiger partial charge < -0.3 is 10.2 Å². The molecule has 8 nitrogen and oxygen atoms in total. The van der Waals surface area contributed by atoms with Gasteiger partial charge in [-0.15, -0.1) is 11.3 Å². The van der Waals surface area contributed by atoms with Gasteiger partial charge in [0.2, 0.25) is 0 Å². The van der Waals surface area contributed by atoms with Gasteiger partial charge in [-0.05, 0) is 52.9 Å². The molecule has 1 atom stereocenters. The van der Waals surface area contributed by atoms with E-state index in [0.717, 1.165) is 11.3 Å². The third-order valence-electron chi connectivity index (χ3n) is 5.76. The normalized spacial score (nSPS) is 15.4. The number of hydrogen-bond acceptors (Lipinski definition) is 7. The molecule has 4 aromatic rings. The second-order valence-electron chi connectivity index (χ2n) is 8.11. The Balaban J connectivity index is 1.39. The van der Waals surface area contributed by atoms with Crippen LogP contribution in [0.2, 0.25) is 0 Å². The summed E-state index contributed by atoms with van der Waals surface area (Å²) in [7, 11) is 0. The summed E-state index contributed by atoms with van der Waals surface area (Å²) in [6.45, 7) is 0.189. The highest BCUT2D eigenvalue weighted by molar-refractivity contribution is 7.12. The lowest BCUT2D eigenvalue weighted by Gasteiger charge is -2.29. The van der Waals surface area contributed by atoms with Crippen LogP contribution < -0.4 is 5.32 Å². The number of anilines is 1. The minimum absolute atomic E-state index is 0.0273. The number of carbonyl (C=O) groups excluding carboxylic acids is 3. The third-order valence-corrected chi connectivity index (χ3v) is 6.70. The van der Waals surface area contributed by atoms with E-state index in [1.54, 1.807) is 53.8 Å². The number of Topliss-reactive ketones (excluding diaryl/α,β-unsaturated/α-hetero) is 1. The van der Waals surface area contributed by atoms with E-state index in [4.69, 9.17) is 0 Å². The molecule has 5 heterocycles. The molecule has 0 aromatic carbocycles. The lowest BCUT2D eigenvalue weighted by Crippen LogP contribution is -2.44. The van der Waals surface area contributed by atoms with Gasteiger partial charge in [-0.25, -0.2) is 4.98 Å². The fourth-order valence-electron chi connectivity index (χ4n) is 4.00. The van der Waals surface area contributed by atoms with Crippen LogP contribution in [0.1, 0.15) is 37.0 Å². The van der Waals surface area contributed by atoms with E-state index in [2.05, 4.69) is 20.3 Å². The van der Waals surface area contributed by atoms with Crippen molar-refractivity contribution in [3.63, 3.8) is 0 Å². The van der Waals surface area contributed by atoms with Gasteiger partial charge in [-0.1, -0.05) is 18.2 Å². The molecule has 0 saturated heterocycles. The first-order chi connectivity index (χ1) is 17.1. The second kappa shape index (κ2) is 9.94. The Labute approximate surface area is 205 Å². The van der Waals surface area contributed by atoms with Crippen molar-refractivity contribution in [2.24, 2.45) is 0 Å². The molecule has 0 aliphatic carbocycles. The van der Waals surface area contributed by atoms with Gasteiger partial charge in [0.15, 0.2) is 5.78 Å². The van der Waals surface area contributed by atoms with Crippen molar-refractivity contribution in [1.82, 2.24) is 19.9 Å². The van der Waals surface area contributed by atoms with Crippen LogP contribution in [-0.2, 0) is 24.2 Å². The van der Waals surface area contributed by atoms with Crippen LogP contribution in [0.3, 0.4) is 0 Å². The fourth-order valence-corrected chi connectivity index (χ4v) is 4.88. The first kappa shape index (κ1) is 22.5. The van der Waals surface area contributed by atoms with Gasteiger partial charge >= 0.3 is 0 Å². The fraction of sp³-hybridized carbons (Fsp3) is 0.154. The summed E-state index contributed by atoms with van der Waals surface area (Å²) in [6.07, 6.45) is 5.37. The van der Waals surface area contributed by atoms with Crippen LogP contribution in [0.15, 0.2) is 78.6 Å². The Hall–Kier alpha value is -4.24. The van der Waals surface area contributed by atoms with E-state index < -0.39 is 6.04 Å². The van der Waals surface area contributed by atoms with Gasteiger partial charge in [0.05, 0.1) is 10.9 Å². The number of fused-ring (bicyclic) bond motifs is 1. The SMILES string of the molecule is O=C(Nc1ccccn1)c1ccc(CN2C(=O)c3sccc3CC(=O)C2Cc2ccccn2)cn1. The summed E-state index contributed by atoms with van der Waals surface area (Å²) in [5, 5.41) is 4.53. The number of thiophene rings is 1. The lowest BCUT2D eigenvalue weighted by atomic mass is 10.0. The van der Waals surface area contributed by atoms with Crippen LogP contribution in [0.5, 0.6) is 0 Å². The zero-order chi connectivity index (χ0) is 24.2. The number of nitrogens with one attached hydrogen (secondary N) is 1. The lowest BCUT2D eigenvalue weighted by molar-refractivity contribution is -0.122. The molecular weight excluding hydrogens is 462 g/mol. The van der Waals surface area contributed by atoms with Crippen LogP contribution in [-0.4, -0.2) is 43.5 Å². The molecule has 1 unspecified atom stereocenters. The van der Waals surface area contributed by atoms with Gasteiger partial charge in [0.1, 0.15) is 11.5 Å². The Kier molecular flexibility index (Phi) is 6.40. The number of pyridine rings is 3. The molecule has 5 rings (SSSR count). The molecule has 0 bridgehead atoms. The summed E-state index contributed by atoms with van der Waals surface area (Å²) < 4.78 is 0.